The molecule has 128 valence electrons. The van der Waals surface area contributed by atoms with E-state index in [1.807, 2.05) is 0 Å². The van der Waals surface area contributed by atoms with E-state index < -0.39 is 28.8 Å². The van der Waals surface area contributed by atoms with Gasteiger partial charge in [0.25, 0.3) is 0 Å². The number of hydrogen-bond donors (Lipinski definition) is 3. The predicted molar refractivity (Wildman–Crippen MR) is 91.1 cm³/mol. The molecule has 2 fully saturated rings. The van der Waals surface area contributed by atoms with Gasteiger partial charge in [0.05, 0.1) is 0 Å². The molecule has 3 atom stereocenters. The van der Waals surface area contributed by atoms with E-state index in [1.54, 1.807) is 38.1 Å². The Kier molecular flexibility index (Phi) is 4.13. The van der Waals surface area contributed by atoms with E-state index in [4.69, 9.17) is 11.6 Å². The molecular formula is C15H16ClN3O4S. The first kappa shape index (κ1) is 16.9. The third kappa shape index (κ3) is 2.80. The summed E-state index contributed by atoms with van der Waals surface area (Å²) >= 11 is 7.23. The van der Waals surface area contributed by atoms with Crippen molar-refractivity contribution in [3.8, 4) is 0 Å². The lowest BCUT2D eigenvalue weighted by Gasteiger charge is -2.43. The minimum Gasteiger partial charge on any atom is -0.480 e. The second-order valence-corrected chi connectivity index (χ2v) is 8.39. The van der Waals surface area contributed by atoms with Crippen LogP contribution in [-0.2, 0) is 9.59 Å². The lowest BCUT2D eigenvalue weighted by Crippen LogP contribution is -2.70. The van der Waals surface area contributed by atoms with Crippen LogP contribution in [0.25, 0.3) is 0 Å². The number of benzene rings is 1. The van der Waals surface area contributed by atoms with Gasteiger partial charge in [0.1, 0.15) is 17.5 Å². The van der Waals surface area contributed by atoms with E-state index in [1.165, 1.54) is 16.7 Å². The smallest absolute Gasteiger partial charge is 0.327 e. The summed E-state index contributed by atoms with van der Waals surface area (Å²) in [6.07, 6.45) is 0. The second-order valence-electron chi connectivity index (χ2n) is 6.18. The lowest BCUT2D eigenvalue weighted by molar-refractivity contribution is -0.159. The highest BCUT2D eigenvalue weighted by Gasteiger charge is 2.64. The number of carbonyl (C=O) groups is 3. The van der Waals surface area contributed by atoms with Gasteiger partial charge in [0.2, 0.25) is 5.91 Å². The zero-order valence-electron chi connectivity index (χ0n) is 12.9. The van der Waals surface area contributed by atoms with E-state index >= 15 is 0 Å². The van der Waals surface area contributed by atoms with Crippen molar-refractivity contribution < 1.29 is 19.5 Å². The molecule has 3 amide bonds. The molecule has 3 N–H and O–H groups in total. The van der Waals surface area contributed by atoms with Gasteiger partial charge in [0, 0.05) is 15.5 Å². The van der Waals surface area contributed by atoms with Crippen LogP contribution in [0.2, 0.25) is 5.02 Å². The van der Waals surface area contributed by atoms with Gasteiger partial charge in [-0.1, -0.05) is 17.7 Å². The third-order valence-electron chi connectivity index (χ3n) is 4.04. The molecule has 0 aromatic heterocycles. The SMILES string of the molecule is CC1(C)S[C@H]2[C@H](NC(=O)Nc3cccc(Cl)c3)C(=O)N2[C@H]1C(=O)O. The zero-order valence-corrected chi connectivity index (χ0v) is 14.5. The van der Waals surface area contributed by atoms with Crippen LogP contribution in [0, 0.1) is 0 Å². The van der Waals surface area contributed by atoms with Crippen LogP contribution in [0.4, 0.5) is 10.5 Å². The third-order valence-corrected chi connectivity index (χ3v) is 5.85. The summed E-state index contributed by atoms with van der Waals surface area (Å²) in [6.45, 7) is 3.57. The number of aliphatic carboxylic acids is 1. The normalized spacial score (nSPS) is 27.2. The fourth-order valence-electron chi connectivity index (χ4n) is 3.02. The number of carboxylic acids is 1. The zero-order chi connectivity index (χ0) is 17.6. The van der Waals surface area contributed by atoms with Gasteiger partial charge in [-0.2, -0.15) is 0 Å². The van der Waals surface area contributed by atoms with E-state index in [9.17, 15) is 19.5 Å². The van der Waals surface area contributed by atoms with Gasteiger partial charge < -0.3 is 20.6 Å². The number of amides is 3. The van der Waals surface area contributed by atoms with Crippen molar-refractivity contribution >= 4 is 47.0 Å². The maximum absolute atomic E-state index is 12.3. The minimum absolute atomic E-state index is 0.376. The van der Waals surface area contributed by atoms with Crippen molar-refractivity contribution in [1.82, 2.24) is 10.2 Å². The van der Waals surface area contributed by atoms with Crippen molar-refractivity contribution in [2.75, 3.05) is 5.32 Å². The van der Waals surface area contributed by atoms with Gasteiger partial charge in [-0.25, -0.2) is 9.59 Å². The average Bonchev–Trinajstić information content (AvgIpc) is 2.73. The Morgan fingerprint density at radius 1 is 1.38 bits per heavy atom. The molecule has 9 heteroatoms. The Labute approximate surface area is 147 Å². The van der Waals surface area contributed by atoms with Crippen molar-refractivity contribution in [3.05, 3.63) is 29.3 Å². The van der Waals surface area contributed by atoms with Crippen LogP contribution in [0.5, 0.6) is 0 Å². The summed E-state index contributed by atoms with van der Waals surface area (Å²) in [5.74, 6) is -1.42. The molecule has 0 saturated carbocycles. The molecule has 0 bridgehead atoms. The molecule has 24 heavy (non-hydrogen) atoms. The first-order valence-corrected chi connectivity index (χ1v) is 8.52. The van der Waals surface area contributed by atoms with E-state index in [-0.39, 0.29) is 11.3 Å². The number of nitrogens with one attached hydrogen (secondary N) is 2. The Balaban J connectivity index is 1.67. The summed E-state index contributed by atoms with van der Waals surface area (Å²) in [5, 5.41) is 14.7. The number of thioether (sulfide) groups is 1. The average molecular weight is 370 g/mol. The highest BCUT2D eigenvalue weighted by molar-refractivity contribution is 8.01. The molecule has 1 aromatic rings. The van der Waals surface area contributed by atoms with Gasteiger partial charge in [-0.15, -0.1) is 11.8 Å². The number of anilines is 1. The topological polar surface area (TPSA) is 98.7 Å². The molecular weight excluding hydrogens is 354 g/mol. The highest BCUT2D eigenvalue weighted by atomic mass is 35.5. The number of nitrogens with zero attached hydrogens (tertiary/aromatic N) is 1. The molecule has 0 unspecified atom stereocenters. The summed E-state index contributed by atoms with van der Waals surface area (Å²) in [4.78, 5) is 37.1. The molecule has 0 aliphatic carbocycles. The number of halogens is 1. The van der Waals surface area contributed by atoms with Crippen molar-refractivity contribution in [2.24, 2.45) is 0 Å². The standard InChI is InChI=1S/C15H16ClN3O4S/c1-15(2)10(13(21)22)19-11(20)9(12(19)24-15)18-14(23)17-8-5-3-4-7(16)6-8/h3-6,9-10,12H,1-2H3,(H,21,22)(H2,17,18,23)/t9-,10+,12+/m1/s1. The molecule has 2 heterocycles. The number of carbonyl (C=O) groups excluding carboxylic acids is 2. The Morgan fingerprint density at radius 2 is 2.08 bits per heavy atom. The molecule has 2 aliphatic heterocycles. The molecule has 0 spiro atoms. The van der Waals surface area contributed by atoms with Gasteiger partial charge >= 0.3 is 12.0 Å². The number of carboxylic acid groups (broad SMARTS) is 1. The fraction of sp³-hybridized carbons (Fsp3) is 0.400. The summed E-state index contributed by atoms with van der Waals surface area (Å²) in [5.41, 5.74) is 0.506. The molecule has 0 radical (unpaired) electrons. The van der Waals surface area contributed by atoms with Crippen LogP contribution >= 0.6 is 23.4 Å². The first-order valence-electron chi connectivity index (χ1n) is 7.26. The number of β-lactam (4-membered cyclic amide) rings is 1. The lowest BCUT2D eigenvalue weighted by atomic mass is 9.96. The van der Waals surface area contributed by atoms with Crippen LogP contribution in [0.15, 0.2) is 24.3 Å². The number of fused-ring (bicyclic) bond motifs is 1. The summed E-state index contributed by atoms with van der Waals surface area (Å²) in [6, 6.07) is 4.47. The largest absolute Gasteiger partial charge is 0.480 e. The number of hydrogen-bond acceptors (Lipinski definition) is 4. The van der Waals surface area contributed by atoms with E-state index in [2.05, 4.69) is 10.6 Å². The molecule has 1 aromatic carbocycles. The van der Waals surface area contributed by atoms with Crippen LogP contribution < -0.4 is 10.6 Å². The van der Waals surface area contributed by atoms with E-state index in [0.29, 0.717) is 10.7 Å². The minimum atomic E-state index is -1.04. The molecule has 2 aliphatic rings. The fourth-order valence-corrected chi connectivity index (χ4v) is 4.84. The van der Waals surface area contributed by atoms with E-state index in [0.717, 1.165) is 0 Å². The molecule has 2 saturated heterocycles. The summed E-state index contributed by atoms with van der Waals surface area (Å²) < 4.78 is -0.619. The highest BCUT2D eigenvalue weighted by Crippen LogP contribution is 2.50. The number of rotatable bonds is 3. The van der Waals surface area contributed by atoms with Crippen LogP contribution in [0.3, 0.4) is 0 Å². The van der Waals surface area contributed by atoms with Gasteiger partial charge in [0.15, 0.2) is 0 Å². The summed E-state index contributed by atoms with van der Waals surface area (Å²) in [7, 11) is 0. The molecule has 3 rings (SSSR count). The first-order chi connectivity index (χ1) is 11.2. The van der Waals surface area contributed by atoms with Crippen LogP contribution in [0.1, 0.15) is 13.8 Å². The van der Waals surface area contributed by atoms with Gasteiger partial charge in [-0.3, -0.25) is 4.79 Å². The second kappa shape index (κ2) is 5.86. The number of urea groups is 1. The predicted octanol–water partition coefficient (Wildman–Crippen LogP) is 1.98. The maximum Gasteiger partial charge on any atom is 0.327 e. The van der Waals surface area contributed by atoms with Crippen LogP contribution in [-0.4, -0.2) is 50.1 Å². The Morgan fingerprint density at radius 3 is 2.71 bits per heavy atom. The molecule has 7 nitrogen and oxygen atoms in total. The van der Waals surface area contributed by atoms with Gasteiger partial charge in [-0.05, 0) is 32.0 Å². The Hall–Kier alpha value is -1.93. The monoisotopic (exact) mass is 369 g/mol. The van der Waals surface area contributed by atoms with Crippen molar-refractivity contribution in [1.29, 1.82) is 0 Å². The Bertz CT molecular complexity index is 726. The maximum atomic E-state index is 12.3. The van der Waals surface area contributed by atoms with Crippen molar-refractivity contribution in [2.45, 2.75) is 36.1 Å². The van der Waals surface area contributed by atoms with Crippen molar-refractivity contribution in [3.63, 3.8) is 0 Å². The quantitative estimate of drug-likeness (QED) is 0.707.